The average molecular weight is 370 g/mol. The van der Waals surface area contributed by atoms with Crippen LogP contribution in [0.15, 0.2) is 36.4 Å². The first kappa shape index (κ1) is 19.0. The number of amides is 1. The minimum Gasteiger partial charge on any atom is -0.504 e. The lowest BCUT2D eigenvalue weighted by atomic mass is 9.94. The van der Waals surface area contributed by atoms with Gasteiger partial charge in [-0.15, -0.1) is 0 Å². The molecule has 1 unspecified atom stereocenters. The van der Waals surface area contributed by atoms with Crippen LogP contribution in [-0.4, -0.2) is 47.3 Å². The van der Waals surface area contributed by atoms with E-state index in [9.17, 15) is 15.0 Å². The van der Waals surface area contributed by atoms with Gasteiger partial charge in [-0.2, -0.15) is 0 Å². The molecule has 0 spiro atoms. The van der Waals surface area contributed by atoms with Gasteiger partial charge in [-0.1, -0.05) is 0 Å². The summed E-state index contributed by atoms with van der Waals surface area (Å²) in [6, 6.07) is 10.3. The number of carbonyl (C=O) groups excluding carboxylic acids is 1. The van der Waals surface area contributed by atoms with E-state index in [1.54, 1.807) is 41.3 Å². The van der Waals surface area contributed by atoms with Crippen molar-refractivity contribution in [1.82, 2.24) is 10.2 Å². The number of nitrogens with one attached hydrogen (secondary N) is 1. The van der Waals surface area contributed by atoms with Crippen LogP contribution in [0.4, 0.5) is 0 Å². The summed E-state index contributed by atoms with van der Waals surface area (Å²) in [4.78, 5) is 14.1. The second-order valence-electron chi connectivity index (χ2n) is 6.61. The number of hydrogen-bond donors (Lipinski definition) is 3. The molecule has 1 atom stereocenters. The smallest absolute Gasteiger partial charge is 0.253 e. The molecule has 1 heterocycles. The van der Waals surface area contributed by atoms with Gasteiger partial charge in [0.15, 0.2) is 11.5 Å². The zero-order valence-corrected chi connectivity index (χ0v) is 15.7. The van der Waals surface area contributed by atoms with E-state index in [1.165, 1.54) is 0 Å². The molecule has 27 heavy (non-hydrogen) atoms. The summed E-state index contributed by atoms with van der Waals surface area (Å²) in [6.45, 7) is 6.46. The molecule has 144 valence electrons. The Kier molecular flexibility index (Phi) is 5.86. The highest BCUT2D eigenvalue weighted by atomic mass is 16.5. The third kappa shape index (κ3) is 4.17. The van der Waals surface area contributed by atoms with Crippen molar-refractivity contribution in [3.05, 3.63) is 53.1 Å². The fourth-order valence-electron chi connectivity index (χ4n) is 3.38. The van der Waals surface area contributed by atoms with Gasteiger partial charge in [-0.05, 0) is 74.3 Å². The summed E-state index contributed by atoms with van der Waals surface area (Å²) in [5.74, 6) is 0.484. The molecule has 1 aliphatic rings. The quantitative estimate of drug-likeness (QED) is 0.681. The molecule has 1 aliphatic heterocycles. The molecule has 0 fully saturated rings. The van der Waals surface area contributed by atoms with Crippen molar-refractivity contribution < 1.29 is 19.7 Å². The standard InChI is InChI=1S/C21H26N2O4/c1-3-23(4-2)21(26)14-5-7-16(8-6-14)27-13-18-17-12-20(25)19(24)11-15(17)9-10-22-18/h5-8,11-12,18,22,24-25H,3-4,9-10,13H2,1-2H3. The van der Waals surface area contributed by atoms with E-state index in [-0.39, 0.29) is 23.4 Å². The van der Waals surface area contributed by atoms with Crippen LogP contribution in [0.1, 0.15) is 41.4 Å². The number of aromatic hydroxyl groups is 2. The van der Waals surface area contributed by atoms with Gasteiger partial charge in [0, 0.05) is 18.7 Å². The van der Waals surface area contributed by atoms with Gasteiger partial charge in [-0.3, -0.25) is 4.79 Å². The van der Waals surface area contributed by atoms with Crippen LogP contribution in [-0.2, 0) is 6.42 Å². The monoisotopic (exact) mass is 370 g/mol. The van der Waals surface area contributed by atoms with Crippen LogP contribution in [0.2, 0.25) is 0 Å². The van der Waals surface area contributed by atoms with Gasteiger partial charge in [0.1, 0.15) is 12.4 Å². The van der Waals surface area contributed by atoms with Crippen molar-refractivity contribution in [3.63, 3.8) is 0 Å². The van der Waals surface area contributed by atoms with Gasteiger partial charge in [-0.25, -0.2) is 0 Å². The fraction of sp³-hybridized carbons (Fsp3) is 0.381. The number of carbonyl (C=O) groups is 1. The van der Waals surface area contributed by atoms with Crippen LogP contribution in [0.5, 0.6) is 17.2 Å². The first-order chi connectivity index (χ1) is 13.0. The first-order valence-corrected chi connectivity index (χ1v) is 9.33. The number of hydrogen-bond acceptors (Lipinski definition) is 5. The van der Waals surface area contributed by atoms with Gasteiger partial charge < -0.3 is 25.2 Å². The highest BCUT2D eigenvalue weighted by molar-refractivity contribution is 5.94. The molecule has 0 aliphatic carbocycles. The van der Waals surface area contributed by atoms with E-state index < -0.39 is 0 Å². The average Bonchev–Trinajstić information content (AvgIpc) is 2.68. The van der Waals surface area contributed by atoms with E-state index in [1.807, 2.05) is 13.8 Å². The van der Waals surface area contributed by atoms with Gasteiger partial charge in [0.25, 0.3) is 5.91 Å². The summed E-state index contributed by atoms with van der Waals surface area (Å²) in [5, 5.41) is 22.8. The second kappa shape index (κ2) is 8.31. The van der Waals surface area contributed by atoms with E-state index in [0.717, 1.165) is 24.1 Å². The van der Waals surface area contributed by atoms with Crippen molar-refractivity contribution in [2.75, 3.05) is 26.2 Å². The molecule has 0 radical (unpaired) electrons. The number of benzene rings is 2. The van der Waals surface area contributed by atoms with E-state index in [4.69, 9.17) is 4.74 Å². The van der Waals surface area contributed by atoms with Crippen LogP contribution < -0.4 is 10.1 Å². The number of nitrogens with zero attached hydrogens (tertiary/aromatic N) is 1. The Morgan fingerprint density at radius 1 is 1.15 bits per heavy atom. The van der Waals surface area contributed by atoms with Crippen molar-refractivity contribution in [2.24, 2.45) is 0 Å². The highest BCUT2D eigenvalue weighted by Gasteiger charge is 2.22. The lowest BCUT2D eigenvalue weighted by Crippen LogP contribution is -2.33. The number of rotatable bonds is 6. The molecule has 0 saturated carbocycles. The van der Waals surface area contributed by atoms with Crippen LogP contribution in [0.25, 0.3) is 0 Å². The Morgan fingerprint density at radius 2 is 1.81 bits per heavy atom. The summed E-state index contributed by atoms with van der Waals surface area (Å²) >= 11 is 0. The summed E-state index contributed by atoms with van der Waals surface area (Å²) in [7, 11) is 0. The number of phenols is 2. The van der Waals surface area contributed by atoms with E-state index >= 15 is 0 Å². The fourth-order valence-corrected chi connectivity index (χ4v) is 3.38. The molecule has 3 rings (SSSR count). The highest BCUT2D eigenvalue weighted by Crippen LogP contribution is 2.33. The van der Waals surface area contributed by atoms with Crippen molar-refractivity contribution in [1.29, 1.82) is 0 Å². The molecule has 3 N–H and O–H groups in total. The van der Waals surface area contributed by atoms with Crippen LogP contribution in [0, 0.1) is 0 Å². The topological polar surface area (TPSA) is 82.0 Å². The Bertz CT molecular complexity index is 801. The maximum atomic E-state index is 12.4. The molecule has 2 aromatic carbocycles. The minimum absolute atomic E-state index is 0.0182. The normalized spacial score (nSPS) is 15.9. The number of fused-ring (bicyclic) bond motifs is 1. The Hall–Kier alpha value is -2.73. The van der Waals surface area contributed by atoms with E-state index in [2.05, 4.69) is 5.32 Å². The Morgan fingerprint density at radius 3 is 2.48 bits per heavy atom. The van der Waals surface area contributed by atoms with Crippen molar-refractivity contribution >= 4 is 5.91 Å². The summed E-state index contributed by atoms with van der Waals surface area (Å²) < 4.78 is 5.89. The van der Waals surface area contributed by atoms with Crippen molar-refractivity contribution in [3.8, 4) is 17.2 Å². The van der Waals surface area contributed by atoms with Crippen LogP contribution in [0.3, 0.4) is 0 Å². The Labute approximate surface area is 159 Å². The minimum atomic E-state index is -0.123. The Balaban J connectivity index is 1.66. The maximum Gasteiger partial charge on any atom is 0.253 e. The maximum absolute atomic E-state index is 12.4. The molecular formula is C21H26N2O4. The molecule has 6 heteroatoms. The predicted molar refractivity (Wildman–Crippen MR) is 103 cm³/mol. The van der Waals surface area contributed by atoms with Crippen molar-refractivity contribution in [2.45, 2.75) is 26.3 Å². The third-order valence-corrected chi connectivity index (χ3v) is 4.97. The predicted octanol–water partition coefficient (Wildman–Crippen LogP) is 2.85. The molecule has 2 aromatic rings. The zero-order valence-electron chi connectivity index (χ0n) is 15.7. The SMILES string of the molecule is CCN(CC)C(=O)c1ccc(OCC2NCCc3cc(O)c(O)cc32)cc1. The molecule has 0 bridgehead atoms. The second-order valence-corrected chi connectivity index (χ2v) is 6.61. The first-order valence-electron chi connectivity index (χ1n) is 9.33. The molecule has 0 aromatic heterocycles. The summed E-state index contributed by atoms with van der Waals surface area (Å²) in [5.41, 5.74) is 2.59. The zero-order chi connectivity index (χ0) is 19.4. The largest absolute Gasteiger partial charge is 0.504 e. The third-order valence-electron chi connectivity index (χ3n) is 4.97. The lowest BCUT2D eigenvalue weighted by molar-refractivity contribution is 0.0773. The van der Waals surface area contributed by atoms with E-state index in [0.29, 0.717) is 31.0 Å². The molecule has 0 saturated heterocycles. The van der Waals surface area contributed by atoms with Gasteiger partial charge >= 0.3 is 0 Å². The number of ether oxygens (including phenoxy) is 1. The molecule has 1 amide bonds. The molecular weight excluding hydrogens is 344 g/mol. The summed E-state index contributed by atoms with van der Waals surface area (Å²) in [6.07, 6.45) is 0.793. The van der Waals surface area contributed by atoms with Gasteiger partial charge in [0.2, 0.25) is 0 Å². The molecule has 6 nitrogen and oxygen atoms in total. The van der Waals surface area contributed by atoms with Gasteiger partial charge in [0.05, 0.1) is 6.04 Å². The van der Waals surface area contributed by atoms with Crippen LogP contribution >= 0.6 is 0 Å². The lowest BCUT2D eigenvalue weighted by Gasteiger charge is -2.27. The number of phenolic OH excluding ortho intramolecular Hbond substituents is 2.